The van der Waals surface area contributed by atoms with Crippen LogP contribution < -0.4 is 5.32 Å². The Balaban J connectivity index is 0. The van der Waals surface area contributed by atoms with E-state index >= 15 is 0 Å². The van der Waals surface area contributed by atoms with Crippen LogP contribution >= 0.6 is 0 Å². The predicted molar refractivity (Wildman–Crippen MR) is 97.9 cm³/mol. The lowest BCUT2D eigenvalue weighted by Crippen LogP contribution is -2.27. The van der Waals surface area contributed by atoms with Crippen molar-refractivity contribution in [3.8, 4) is 11.8 Å². The number of hydrogen-bond donors (Lipinski definition) is 1. The van der Waals surface area contributed by atoms with E-state index in [1.54, 1.807) is 0 Å². The van der Waals surface area contributed by atoms with Gasteiger partial charge in [0.1, 0.15) is 0 Å². The molecule has 0 aliphatic rings. The lowest BCUT2D eigenvalue weighted by molar-refractivity contribution is -0.121. The molecule has 1 rings (SSSR count). The second kappa shape index (κ2) is 10.1. The van der Waals surface area contributed by atoms with E-state index in [4.69, 9.17) is 0 Å². The summed E-state index contributed by atoms with van der Waals surface area (Å²) < 4.78 is 0. The smallest absolute Gasteiger partial charge is 0.220 e. The Labute approximate surface area is 138 Å². The lowest BCUT2D eigenvalue weighted by Gasteiger charge is -2.17. The van der Waals surface area contributed by atoms with E-state index < -0.39 is 0 Å². The molecule has 0 saturated carbocycles. The van der Waals surface area contributed by atoms with Crippen LogP contribution in [0, 0.1) is 17.3 Å². The van der Waals surface area contributed by atoms with Crippen LogP contribution in [0.3, 0.4) is 0 Å². The number of carbonyl (C=O) groups is 1. The van der Waals surface area contributed by atoms with E-state index in [1.807, 2.05) is 19.1 Å². The first-order valence-electron chi connectivity index (χ1n) is 7.69. The number of benzene rings is 1. The SMILES string of the molecule is C.CC#Cc1ccc(CCCC(=O)NCCC(C)(C)C)cc1.[HH]. The summed E-state index contributed by atoms with van der Waals surface area (Å²) in [5, 5.41) is 2.99. The third kappa shape index (κ3) is 9.23. The van der Waals surface area contributed by atoms with Crippen LogP contribution in [0.25, 0.3) is 0 Å². The van der Waals surface area contributed by atoms with Gasteiger partial charge in [0.15, 0.2) is 0 Å². The number of carbonyl (C=O) groups excluding carboxylic acids is 1. The normalized spacial score (nSPS) is 10.2. The fourth-order valence-corrected chi connectivity index (χ4v) is 2.02. The average Bonchev–Trinajstić information content (AvgIpc) is 2.39. The zero-order valence-electron chi connectivity index (χ0n) is 13.8. The average molecular weight is 303 g/mol. The highest BCUT2D eigenvalue weighted by atomic mass is 16.1. The Bertz CT molecular complexity index is 503. The quantitative estimate of drug-likeness (QED) is 0.750. The van der Waals surface area contributed by atoms with Crippen LogP contribution in [0.1, 0.15) is 66.9 Å². The van der Waals surface area contributed by atoms with Crippen molar-refractivity contribution >= 4 is 5.91 Å². The summed E-state index contributed by atoms with van der Waals surface area (Å²) in [4.78, 5) is 11.7. The maximum atomic E-state index is 11.7. The van der Waals surface area contributed by atoms with Gasteiger partial charge in [0.25, 0.3) is 0 Å². The molecule has 124 valence electrons. The van der Waals surface area contributed by atoms with Gasteiger partial charge in [0, 0.05) is 20.0 Å². The van der Waals surface area contributed by atoms with E-state index in [0.717, 1.165) is 31.4 Å². The molecular weight excluding hydrogens is 270 g/mol. The van der Waals surface area contributed by atoms with E-state index in [1.165, 1.54) is 5.56 Å². The molecule has 0 bridgehead atoms. The molecule has 0 heterocycles. The Hall–Kier alpha value is -1.75. The van der Waals surface area contributed by atoms with Gasteiger partial charge in [-0.05, 0) is 49.3 Å². The van der Waals surface area contributed by atoms with Gasteiger partial charge in [0.2, 0.25) is 5.91 Å². The monoisotopic (exact) mass is 303 g/mol. The second-order valence-electron chi connectivity index (χ2n) is 6.59. The van der Waals surface area contributed by atoms with E-state index in [9.17, 15) is 4.79 Å². The first kappa shape index (κ1) is 20.2. The van der Waals surface area contributed by atoms with Gasteiger partial charge in [-0.1, -0.05) is 46.3 Å². The molecule has 0 unspecified atom stereocenters. The topological polar surface area (TPSA) is 29.1 Å². The number of nitrogens with one attached hydrogen (secondary N) is 1. The Kier molecular flexibility index (Phi) is 9.26. The maximum Gasteiger partial charge on any atom is 0.220 e. The van der Waals surface area contributed by atoms with Gasteiger partial charge in [-0.2, -0.15) is 0 Å². The summed E-state index contributed by atoms with van der Waals surface area (Å²) in [6.07, 6.45) is 3.44. The fraction of sp³-hybridized carbons (Fsp3) is 0.550. The molecule has 22 heavy (non-hydrogen) atoms. The number of aryl methyl sites for hydroxylation is 1. The summed E-state index contributed by atoms with van der Waals surface area (Å²) >= 11 is 0. The van der Waals surface area contributed by atoms with Gasteiger partial charge < -0.3 is 5.32 Å². The number of hydrogen-bond acceptors (Lipinski definition) is 1. The molecule has 0 aliphatic carbocycles. The van der Waals surface area contributed by atoms with Crippen molar-refractivity contribution < 1.29 is 6.22 Å². The highest BCUT2D eigenvalue weighted by molar-refractivity contribution is 5.75. The summed E-state index contributed by atoms with van der Waals surface area (Å²) in [5.74, 6) is 6.08. The molecule has 1 amide bonds. The van der Waals surface area contributed by atoms with E-state index in [0.29, 0.717) is 6.42 Å². The maximum absolute atomic E-state index is 11.7. The third-order valence-corrected chi connectivity index (χ3v) is 3.29. The summed E-state index contributed by atoms with van der Waals surface area (Å²) in [6, 6.07) is 8.26. The largest absolute Gasteiger partial charge is 0.356 e. The van der Waals surface area contributed by atoms with Crippen molar-refractivity contribution in [3.05, 3.63) is 35.4 Å². The minimum atomic E-state index is 0. The van der Waals surface area contributed by atoms with Gasteiger partial charge in [-0.25, -0.2) is 0 Å². The number of amides is 1. The molecule has 2 heteroatoms. The van der Waals surface area contributed by atoms with Crippen molar-refractivity contribution in [1.82, 2.24) is 5.32 Å². The van der Waals surface area contributed by atoms with Gasteiger partial charge >= 0.3 is 0 Å². The Morgan fingerprint density at radius 1 is 1.23 bits per heavy atom. The molecule has 0 spiro atoms. The molecule has 0 fully saturated rings. The van der Waals surface area contributed by atoms with Crippen LogP contribution in [0.5, 0.6) is 0 Å². The van der Waals surface area contributed by atoms with Crippen molar-refractivity contribution in [3.63, 3.8) is 0 Å². The third-order valence-electron chi connectivity index (χ3n) is 3.29. The second-order valence-corrected chi connectivity index (χ2v) is 6.59. The van der Waals surface area contributed by atoms with E-state index in [2.05, 4.69) is 50.1 Å². The summed E-state index contributed by atoms with van der Waals surface area (Å²) in [6.45, 7) is 9.17. The Morgan fingerprint density at radius 2 is 1.86 bits per heavy atom. The molecule has 1 aromatic rings. The van der Waals surface area contributed by atoms with Gasteiger partial charge in [0.05, 0.1) is 0 Å². The first-order valence-corrected chi connectivity index (χ1v) is 7.69. The molecule has 0 saturated heterocycles. The van der Waals surface area contributed by atoms with Crippen molar-refractivity contribution in [1.29, 1.82) is 0 Å². The van der Waals surface area contributed by atoms with Crippen molar-refractivity contribution in [2.45, 2.75) is 60.8 Å². The standard InChI is InChI=1S/C19H27NO.CH4.H2/c1-5-7-16-10-12-17(13-11-16)8-6-9-18(21)20-15-14-19(2,3)4;;/h10-13H,6,8-9,14-15H2,1-4H3,(H,20,21);1H4;1H. The molecule has 2 nitrogen and oxygen atoms in total. The minimum Gasteiger partial charge on any atom is -0.356 e. The zero-order chi connectivity index (χ0) is 15.7. The van der Waals surface area contributed by atoms with Crippen LogP contribution in [0.15, 0.2) is 24.3 Å². The van der Waals surface area contributed by atoms with Crippen molar-refractivity contribution in [2.24, 2.45) is 5.41 Å². The highest BCUT2D eigenvalue weighted by Crippen LogP contribution is 2.17. The van der Waals surface area contributed by atoms with Crippen LogP contribution in [0.4, 0.5) is 0 Å². The fourth-order valence-electron chi connectivity index (χ4n) is 2.02. The molecule has 1 N–H and O–H groups in total. The van der Waals surface area contributed by atoms with Crippen LogP contribution in [-0.4, -0.2) is 12.5 Å². The highest BCUT2D eigenvalue weighted by Gasteiger charge is 2.10. The lowest BCUT2D eigenvalue weighted by atomic mass is 9.92. The molecular formula is C20H33NO. The molecule has 0 atom stereocenters. The molecule has 0 radical (unpaired) electrons. The predicted octanol–water partition coefficient (Wildman–Crippen LogP) is 4.82. The van der Waals surface area contributed by atoms with Gasteiger partial charge in [-0.15, -0.1) is 5.92 Å². The van der Waals surface area contributed by atoms with Crippen molar-refractivity contribution in [2.75, 3.05) is 6.54 Å². The molecule has 0 aliphatic heterocycles. The zero-order valence-corrected chi connectivity index (χ0v) is 13.8. The van der Waals surface area contributed by atoms with Gasteiger partial charge in [-0.3, -0.25) is 4.79 Å². The van der Waals surface area contributed by atoms with E-state index in [-0.39, 0.29) is 20.2 Å². The summed E-state index contributed by atoms with van der Waals surface area (Å²) in [7, 11) is 0. The summed E-state index contributed by atoms with van der Waals surface area (Å²) in [5.41, 5.74) is 2.58. The Morgan fingerprint density at radius 3 is 2.41 bits per heavy atom. The minimum absolute atomic E-state index is 0. The first-order chi connectivity index (χ1) is 9.90. The number of rotatable bonds is 6. The van der Waals surface area contributed by atoms with Crippen LogP contribution in [-0.2, 0) is 11.2 Å². The van der Waals surface area contributed by atoms with Crippen LogP contribution in [0.2, 0.25) is 0 Å². The molecule has 1 aromatic carbocycles. The molecule has 0 aromatic heterocycles.